The van der Waals surface area contributed by atoms with Gasteiger partial charge in [0.15, 0.2) is 5.69 Å². The summed E-state index contributed by atoms with van der Waals surface area (Å²) in [5, 5.41) is 4.08. The van der Waals surface area contributed by atoms with Crippen LogP contribution in [0.3, 0.4) is 0 Å². The number of benzene rings is 2. The molecule has 0 unspecified atom stereocenters. The number of hydrogen-bond donors (Lipinski definition) is 0. The average Bonchev–Trinajstić information content (AvgIpc) is 2.84. The Balaban J connectivity index is 1.51. The molecule has 0 N–H and O–H groups in total. The topological polar surface area (TPSA) is 67.7 Å². The number of rotatable bonds is 5. The van der Waals surface area contributed by atoms with E-state index >= 15 is 0 Å². The van der Waals surface area contributed by atoms with Crippen molar-refractivity contribution in [2.45, 2.75) is 19.6 Å². The van der Waals surface area contributed by atoms with Gasteiger partial charge in [-0.25, -0.2) is 4.68 Å². The van der Waals surface area contributed by atoms with Gasteiger partial charge in [-0.1, -0.05) is 24.3 Å². The largest absolute Gasteiger partial charge is 0.497 e. The second kappa shape index (κ2) is 9.91. The van der Waals surface area contributed by atoms with Crippen molar-refractivity contribution in [3.63, 3.8) is 0 Å². The van der Waals surface area contributed by atoms with E-state index in [9.17, 15) is 22.8 Å². The van der Waals surface area contributed by atoms with Crippen LogP contribution in [0.25, 0.3) is 5.69 Å². The number of amides is 1. The first-order valence-electron chi connectivity index (χ1n) is 11.1. The minimum atomic E-state index is -4.61. The summed E-state index contributed by atoms with van der Waals surface area (Å²) in [6, 6.07) is 13.8. The van der Waals surface area contributed by atoms with Crippen LogP contribution in [0.4, 0.5) is 13.2 Å². The highest BCUT2D eigenvalue weighted by Crippen LogP contribution is 2.33. The fraction of sp³-hybridized carbons (Fsp3) is 0.320. The molecule has 0 saturated carbocycles. The standard InChI is InChI=1S/C25H25F3N4O3/c1-17-15-22(33)23(29-32(17)21-6-4-3-5-20(21)25(26,27)28)24(34)31-13-11-30(12-14-31)16-18-7-9-19(35-2)10-8-18/h3-10,15H,11-14,16H2,1-2H3. The van der Waals surface area contributed by atoms with Gasteiger partial charge in [0.2, 0.25) is 5.43 Å². The van der Waals surface area contributed by atoms with Crippen LogP contribution < -0.4 is 10.2 Å². The third-order valence-corrected chi connectivity index (χ3v) is 5.97. The van der Waals surface area contributed by atoms with Crippen molar-refractivity contribution in [1.82, 2.24) is 19.6 Å². The Morgan fingerprint density at radius 1 is 1.03 bits per heavy atom. The molecular weight excluding hydrogens is 461 g/mol. The smallest absolute Gasteiger partial charge is 0.418 e. The Morgan fingerprint density at radius 2 is 1.69 bits per heavy atom. The normalized spacial score (nSPS) is 14.7. The molecule has 184 valence electrons. The van der Waals surface area contributed by atoms with Crippen molar-refractivity contribution in [2.24, 2.45) is 0 Å². The van der Waals surface area contributed by atoms with Gasteiger partial charge < -0.3 is 9.64 Å². The predicted octanol–water partition coefficient (Wildman–Crippen LogP) is 3.53. The number of alkyl halides is 3. The van der Waals surface area contributed by atoms with Crippen molar-refractivity contribution in [2.75, 3.05) is 33.3 Å². The van der Waals surface area contributed by atoms with E-state index in [2.05, 4.69) is 10.00 Å². The van der Waals surface area contributed by atoms with E-state index in [1.807, 2.05) is 24.3 Å². The van der Waals surface area contributed by atoms with Gasteiger partial charge >= 0.3 is 6.18 Å². The number of halogens is 3. The summed E-state index contributed by atoms with van der Waals surface area (Å²) in [5.74, 6) is 0.190. The number of nitrogens with zero attached hydrogens (tertiary/aromatic N) is 4. The third kappa shape index (κ3) is 5.37. The number of aryl methyl sites for hydroxylation is 1. The number of methoxy groups -OCH3 is 1. The van der Waals surface area contributed by atoms with Crippen LogP contribution in [0, 0.1) is 6.92 Å². The molecule has 1 aliphatic rings. The second-order valence-electron chi connectivity index (χ2n) is 8.34. The van der Waals surface area contributed by atoms with E-state index in [0.29, 0.717) is 32.7 Å². The van der Waals surface area contributed by atoms with Crippen molar-refractivity contribution >= 4 is 5.91 Å². The molecule has 10 heteroatoms. The molecule has 0 bridgehead atoms. The third-order valence-electron chi connectivity index (χ3n) is 5.97. The molecule has 1 amide bonds. The zero-order valence-corrected chi connectivity index (χ0v) is 19.4. The molecule has 7 nitrogen and oxygen atoms in total. The first kappa shape index (κ1) is 24.5. The van der Waals surface area contributed by atoms with Gasteiger partial charge in [0.05, 0.1) is 18.4 Å². The monoisotopic (exact) mass is 486 g/mol. The van der Waals surface area contributed by atoms with Crippen molar-refractivity contribution < 1.29 is 22.7 Å². The second-order valence-corrected chi connectivity index (χ2v) is 8.34. The molecule has 3 aromatic rings. The Hall–Kier alpha value is -3.66. The number of ether oxygens (including phenoxy) is 1. The van der Waals surface area contributed by atoms with E-state index in [1.165, 1.54) is 30.0 Å². The van der Waals surface area contributed by atoms with Crippen LogP contribution in [-0.4, -0.2) is 58.8 Å². The molecule has 0 aliphatic carbocycles. The maximum Gasteiger partial charge on any atom is 0.418 e. The maximum atomic E-state index is 13.5. The van der Waals surface area contributed by atoms with E-state index < -0.39 is 28.8 Å². The predicted molar refractivity (Wildman–Crippen MR) is 124 cm³/mol. The van der Waals surface area contributed by atoms with E-state index in [4.69, 9.17) is 4.74 Å². The van der Waals surface area contributed by atoms with Crippen LogP contribution in [0.1, 0.15) is 27.3 Å². The Labute approximate surface area is 200 Å². The number of aromatic nitrogens is 2. The fourth-order valence-corrected chi connectivity index (χ4v) is 4.09. The van der Waals surface area contributed by atoms with Crippen LogP contribution in [0.5, 0.6) is 5.75 Å². The minimum Gasteiger partial charge on any atom is -0.497 e. The molecule has 0 radical (unpaired) electrons. The Kier molecular flexibility index (Phi) is 6.93. The highest BCUT2D eigenvalue weighted by atomic mass is 19.4. The van der Waals surface area contributed by atoms with Crippen molar-refractivity contribution in [3.05, 3.63) is 87.3 Å². The maximum absolute atomic E-state index is 13.5. The molecule has 2 heterocycles. The molecule has 0 atom stereocenters. The minimum absolute atomic E-state index is 0.201. The molecule has 1 aromatic heterocycles. The summed E-state index contributed by atoms with van der Waals surface area (Å²) in [6.07, 6.45) is -4.61. The summed E-state index contributed by atoms with van der Waals surface area (Å²) in [4.78, 5) is 29.4. The van der Waals surface area contributed by atoms with Gasteiger partial charge in [-0.15, -0.1) is 0 Å². The number of hydrogen-bond acceptors (Lipinski definition) is 5. The highest BCUT2D eigenvalue weighted by molar-refractivity contribution is 5.92. The lowest BCUT2D eigenvalue weighted by molar-refractivity contribution is -0.137. The number of carbonyl (C=O) groups is 1. The molecular formula is C25H25F3N4O3. The van der Waals surface area contributed by atoms with E-state index in [1.54, 1.807) is 7.11 Å². The molecule has 1 fully saturated rings. The molecule has 35 heavy (non-hydrogen) atoms. The Morgan fingerprint density at radius 3 is 2.31 bits per heavy atom. The summed E-state index contributed by atoms with van der Waals surface area (Å²) in [7, 11) is 1.61. The van der Waals surface area contributed by atoms with Gasteiger partial charge in [-0.3, -0.25) is 14.5 Å². The first-order valence-corrected chi connectivity index (χ1v) is 11.1. The lowest BCUT2D eigenvalue weighted by Gasteiger charge is -2.34. The van der Waals surface area contributed by atoms with Gasteiger partial charge in [0.1, 0.15) is 5.75 Å². The molecule has 0 spiro atoms. The van der Waals surface area contributed by atoms with Gasteiger partial charge in [-0.2, -0.15) is 18.3 Å². The lowest BCUT2D eigenvalue weighted by atomic mass is 10.1. The van der Waals surface area contributed by atoms with Crippen molar-refractivity contribution in [3.8, 4) is 11.4 Å². The Bertz CT molecular complexity index is 1260. The highest BCUT2D eigenvalue weighted by Gasteiger charge is 2.34. The zero-order chi connectivity index (χ0) is 25.2. The quantitative estimate of drug-likeness (QED) is 0.552. The van der Waals surface area contributed by atoms with E-state index in [-0.39, 0.29) is 11.4 Å². The summed E-state index contributed by atoms with van der Waals surface area (Å²) in [5.41, 5.74) is -0.838. The fourth-order valence-electron chi connectivity index (χ4n) is 4.09. The van der Waals surface area contributed by atoms with Gasteiger partial charge in [-0.05, 0) is 36.8 Å². The number of carbonyl (C=O) groups excluding carboxylic acids is 1. The summed E-state index contributed by atoms with van der Waals surface area (Å²) >= 11 is 0. The molecule has 2 aromatic carbocycles. The van der Waals surface area contributed by atoms with Gasteiger partial charge in [0.25, 0.3) is 5.91 Å². The zero-order valence-electron chi connectivity index (χ0n) is 19.4. The lowest BCUT2D eigenvalue weighted by Crippen LogP contribution is -2.49. The van der Waals surface area contributed by atoms with Crippen molar-refractivity contribution in [1.29, 1.82) is 0 Å². The van der Waals surface area contributed by atoms with Crippen LogP contribution >= 0.6 is 0 Å². The molecule has 1 saturated heterocycles. The van der Waals surface area contributed by atoms with Gasteiger partial charge in [0, 0.05) is 44.5 Å². The SMILES string of the molecule is COc1ccc(CN2CCN(C(=O)c3nn(-c4ccccc4C(F)(F)F)c(C)cc3=O)CC2)cc1. The van der Waals surface area contributed by atoms with Crippen LogP contribution in [-0.2, 0) is 12.7 Å². The van der Waals surface area contributed by atoms with Crippen LogP contribution in [0.2, 0.25) is 0 Å². The summed E-state index contributed by atoms with van der Waals surface area (Å²) < 4.78 is 46.8. The van der Waals surface area contributed by atoms with Crippen LogP contribution in [0.15, 0.2) is 59.4 Å². The average molecular weight is 486 g/mol. The molecule has 1 aliphatic heterocycles. The first-order chi connectivity index (χ1) is 16.7. The molecule has 4 rings (SSSR count). The summed E-state index contributed by atoms with van der Waals surface area (Å²) in [6.45, 7) is 4.12. The number of para-hydroxylation sites is 1. The van der Waals surface area contributed by atoms with E-state index in [0.717, 1.165) is 28.1 Å². The number of piperazine rings is 1.